The van der Waals surface area contributed by atoms with Crippen LogP contribution < -0.4 is 20.1 Å². The summed E-state index contributed by atoms with van der Waals surface area (Å²) in [7, 11) is 2.95. The van der Waals surface area contributed by atoms with Crippen molar-refractivity contribution in [2.24, 2.45) is 11.8 Å². The molecule has 9 heteroatoms. The minimum absolute atomic E-state index is 0.260. The van der Waals surface area contributed by atoms with Crippen LogP contribution in [0.15, 0.2) is 30.3 Å². The number of hydrogen-bond acceptors (Lipinski definition) is 4. The number of nitrogens with one attached hydrogen (secondary N) is 2. The molecule has 2 aromatic rings. The number of anilines is 2. The van der Waals surface area contributed by atoms with Crippen molar-refractivity contribution >= 4 is 23.2 Å². The first-order valence-corrected chi connectivity index (χ1v) is 8.33. The molecule has 1 saturated carbocycles. The average molecular weight is 394 g/mol. The van der Waals surface area contributed by atoms with E-state index in [-0.39, 0.29) is 6.42 Å². The van der Waals surface area contributed by atoms with E-state index in [1.54, 1.807) is 18.2 Å². The molecule has 2 aromatic carbocycles. The molecule has 1 aliphatic rings. The third kappa shape index (κ3) is 3.88. The summed E-state index contributed by atoms with van der Waals surface area (Å²) < 4.78 is 50.1. The lowest BCUT2D eigenvalue weighted by Gasteiger charge is -2.11. The Hall–Kier alpha value is -3.23. The Bertz CT molecular complexity index is 936. The summed E-state index contributed by atoms with van der Waals surface area (Å²) in [6, 6.07) is 6.45. The molecule has 0 spiro atoms. The summed E-state index contributed by atoms with van der Waals surface area (Å²) in [5, 5.41) is 4.85. The van der Waals surface area contributed by atoms with Crippen molar-refractivity contribution in [2.45, 2.75) is 6.42 Å². The fraction of sp³-hybridized carbons (Fsp3) is 0.263. The van der Waals surface area contributed by atoms with Gasteiger partial charge in [0.2, 0.25) is 11.8 Å². The van der Waals surface area contributed by atoms with E-state index < -0.39 is 46.8 Å². The number of hydrogen-bond donors (Lipinski definition) is 2. The lowest BCUT2D eigenvalue weighted by Crippen LogP contribution is -2.21. The summed E-state index contributed by atoms with van der Waals surface area (Å²) in [5.74, 6) is -5.91. The topological polar surface area (TPSA) is 76.7 Å². The molecular formula is C19H17F3N2O4. The maximum absolute atomic E-state index is 13.7. The van der Waals surface area contributed by atoms with Gasteiger partial charge in [-0.05, 0) is 30.7 Å². The van der Waals surface area contributed by atoms with Gasteiger partial charge in [-0.3, -0.25) is 9.59 Å². The number of methoxy groups -OCH3 is 2. The van der Waals surface area contributed by atoms with Crippen molar-refractivity contribution in [3.05, 3.63) is 47.8 Å². The molecule has 1 fully saturated rings. The van der Waals surface area contributed by atoms with Crippen LogP contribution in [0, 0.1) is 29.3 Å². The number of halogens is 3. The number of rotatable bonds is 6. The smallest absolute Gasteiger partial charge is 0.228 e. The van der Waals surface area contributed by atoms with Gasteiger partial charge in [0.05, 0.1) is 31.7 Å². The minimum atomic E-state index is -1.67. The summed E-state index contributed by atoms with van der Waals surface area (Å²) in [5.41, 5.74) is -0.0183. The van der Waals surface area contributed by atoms with Gasteiger partial charge in [-0.1, -0.05) is 0 Å². The highest BCUT2D eigenvalue weighted by atomic mass is 19.2. The second kappa shape index (κ2) is 7.79. The van der Waals surface area contributed by atoms with E-state index in [0.29, 0.717) is 23.3 Å². The van der Waals surface area contributed by atoms with Crippen LogP contribution >= 0.6 is 0 Å². The summed E-state index contributed by atoms with van der Waals surface area (Å²) in [4.78, 5) is 24.5. The molecule has 0 bridgehead atoms. The van der Waals surface area contributed by atoms with E-state index in [0.717, 1.165) is 6.07 Å². The molecule has 0 aromatic heterocycles. The molecule has 2 atom stereocenters. The van der Waals surface area contributed by atoms with Crippen LogP contribution in [0.3, 0.4) is 0 Å². The predicted molar refractivity (Wildman–Crippen MR) is 94.7 cm³/mol. The Kier molecular flexibility index (Phi) is 5.43. The Balaban J connectivity index is 1.61. The molecule has 148 valence electrons. The van der Waals surface area contributed by atoms with Gasteiger partial charge in [-0.25, -0.2) is 13.2 Å². The molecule has 0 saturated heterocycles. The Morgan fingerprint density at radius 1 is 0.893 bits per heavy atom. The third-order valence-corrected chi connectivity index (χ3v) is 4.41. The van der Waals surface area contributed by atoms with E-state index >= 15 is 0 Å². The van der Waals surface area contributed by atoms with Crippen LogP contribution in [0.2, 0.25) is 0 Å². The van der Waals surface area contributed by atoms with Crippen molar-refractivity contribution in [1.82, 2.24) is 0 Å². The van der Waals surface area contributed by atoms with Crippen LogP contribution in [0.1, 0.15) is 6.42 Å². The summed E-state index contributed by atoms with van der Waals surface area (Å²) in [6.07, 6.45) is 0.260. The first-order valence-electron chi connectivity index (χ1n) is 8.33. The van der Waals surface area contributed by atoms with Crippen molar-refractivity contribution in [1.29, 1.82) is 0 Å². The van der Waals surface area contributed by atoms with Crippen molar-refractivity contribution in [3.63, 3.8) is 0 Å². The van der Waals surface area contributed by atoms with E-state index in [4.69, 9.17) is 9.47 Å². The lowest BCUT2D eigenvalue weighted by molar-refractivity contribution is -0.122. The molecule has 2 N–H and O–H groups in total. The first-order chi connectivity index (χ1) is 13.3. The van der Waals surface area contributed by atoms with Gasteiger partial charge < -0.3 is 20.1 Å². The first kappa shape index (κ1) is 19.5. The molecule has 28 heavy (non-hydrogen) atoms. The molecule has 3 rings (SSSR count). The quantitative estimate of drug-likeness (QED) is 0.737. The van der Waals surface area contributed by atoms with Crippen LogP contribution in [-0.4, -0.2) is 26.0 Å². The maximum atomic E-state index is 13.7. The minimum Gasteiger partial charge on any atom is -0.493 e. The van der Waals surface area contributed by atoms with Gasteiger partial charge >= 0.3 is 0 Å². The average Bonchev–Trinajstić information content (AvgIpc) is 3.49. The van der Waals surface area contributed by atoms with Gasteiger partial charge in [-0.2, -0.15) is 0 Å². The Morgan fingerprint density at radius 3 is 2.18 bits per heavy atom. The molecule has 6 nitrogen and oxygen atoms in total. The maximum Gasteiger partial charge on any atom is 0.228 e. The van der Waals surface area contributed by atoms with E-state index in [1.165, 1.54) is 14.2 Å². The lowest BCUT2D eigenvalue weighted by atomic mass is 10.2. The molecule has 1 aliphatic carbocycles. The monoisotopic (exact) mass is 394 g/mol. The Morgan fingerprint density at radius 2 is 1.54 bits per heavy atom. The number of amides is 2. The van der Waals surface area contributed by atoms with Crippen LogP contribution in [0.4, 0.5) is 24.5 Å². The molecule has 0 aliphatic heterocycles. The zero-order valence-corrected chi connectivity index (χ0v) is 15.0. The SMILES string of the molecule is COc1ccc(NC(=O)C2CC2C(=O)Nc2ccc(F)c(F)c2F)cc1OC. The zero-order chi connectivity index (χ0) is 20.4. The fourth-order valence-corrected chi connectivity index (χ4v) is 2.77. The molecule has 2 unspecified atom stereocenters. The number of ether oxygens (including phenoxy) is 2. The van der Waals surface area contributed by atoms with Crippen LogP contribution in [0.25, 0.3) is 0 Å². The van der Waals surface area contributed by atoms with E-state index in [2.05, 4.69) is 10.6 Å². The second-order valence-corrected chi connectivity index (χ2v) is 6.22. The zero-order valence-electron chi connectivity index (χ0n) is 15.0. The number of carbonyl (C=O) groups is 2. The largest absolute Gasteiger partial charge is 0.493 e. The predicted octanol–water partition coefficient (Wildman–Crippen LogP) is 3.33. The second-order valence-electron chi connectivity index (χ2n) is 6.22. The van der Waals surface area contributed by atoms with Crippen molar-refractivity contribution in [3.8, 4) is 11.5 Å². The van der Waals surface area contributed by atoms with Gasteiger partial charge in [0, 0.05) is 11.8 Å². The summed E-state index contributed by atoms with van der Waals surface area (Å²) in [6.45, 7) is 0. The van der Waals surface area contributed by atoms with Crippen molar-refractivity contribution in [2.75, 3.05) is 24.9 Å². The fourth-order valence-electron chi connectivity index (χ4n) is 2.77. The molecule has 0 heterocycles. The van der Waals surface area contributed by atoms with Crippen LogP contribution in [-0.2, 0) is 9.59 Å². The highest BCUT2D eigenvalue weighted by Crippen LogP contribution is 2.41. The summed E-state index contributed by atoms with van der Waals surface area (Å²) >= 11 is 0. The van der Waals surface area contributed by atoms with E-state index in [9.17, 15) is 22.8 Å². The normalized spacial score (nSPS) is 17.6. The van der Waals surface area contributed by atoms with Crippen LogP contribution in [0.5, 0.6) is 11.5 Å². The Labute approximate surface area is 158 Å². The standard InChI is InChI=1S/C19H17F3N2O4/c1-27-14-6-3-9(7-15(14)28-2)23-18(25)10-8-11(10)19(26)24-13-5-4-12(20)16(21)17(13)22/h3-7,10-11H,8H2,1-2H3,(H,23,25)(H,24,26). The van der Waals surface area contributed by atoms with Gasteiger partial charge in [0.25, 0.3) is 0 Å². The number of carbonyl (C=O) groups excluding carboxylic acids is 2. The van der Waals surface area contributed by atoms with Gasteiger partial charge in [-0.15, -0.1) is 0 Å². The van der Waals surface area contributed by atoms with Gasteiger partial charge in [0.1, 0.15) is 0 Å². The van der Waals surface area contributed by atoms with Crippen molar-refractivity contribution < 1.29 is 32.2 Å². The highest BCUT2D eigenvalue weighted by Gasteiger charge is 2.48. The van der Waals surface area contributed by atoms with E-state index in [1.807, 2.05) is 0 Å². The molecule has 2 amide bonds. The number of benzene rings is 2. The highest BCUT2D eigenvalue weighted by molar-refractivity contribution is 6.03. The molecule has 0 radical (unpaired) electrons. The molecular weight excluding hydrogens is 377 g/mol. The van der Waals surface area contributed by atoms with Gasteiger partial charge in [0.15, 0.2) is 29.0 Å². The third-order valence-electron chi connectivity index (χ3n) is 4.41.